The maximum Gasteiger partial charge on any atom is 0.163 e. The van der Waals surface area contributed by atoms with Gasteiger partial charge in [-0.3, -0.25) is 9.58 Å². The van der Waals surface area contributed by atoms with Crippen LogP contribution >= 0.6 is 0 Å². The van der Waals surface area contributed by atoms with Gasteiger partial charge in [0.25, 0.3) is 0 Å². The highest BCUT2D eigenvalue weighted by Crippen LogP contribution is 2.16. The molecule has 0 spiro atoms. The molecule has 20 heavy (non-hydrogen) atoms. The van der Waals surface area contributed by atoms with Gasteiger partial charge in [0.1, 0.15) is 11.6 Å². The van der Waals surface area contributed by atoms with Crippen LogP contribution in [0.25, 0.3) is 11.0 Å². The Morgan fingerprint density at radius 1 is 1.20 bits per heavy atom. The molecule has 2 rings (SSSR count). The van der Waals surface area contributed by atoms with Gasteiger partial charge in [0, 0.05) is 7.05 Å². The lowest BCUT2D eigenvalue weighted by atomic mass is 10.3. The first-order chi connectivity index (χ1) is 9.47. The Labute approximate surface area is 119 Å². The highest BCUT2D eigenvalue weighted by molar-refractivity contribution is 5.84. The molecule has 2 heterocycles. The molecule has 0 aliphatic rings. The van der Waals surface area contributed by atoms with Gasteiger partial charge in [0.15, 0.2) is 5.65 Å². The summed E-state index contributed by atoms with van der Waals surface area (Å²) in [5, 5.41) is 4.97. The monoisotopic (exact) mass is 277 g/mol. The van der Waals surface area contributed by atoms with E-state index in [2.05, 4.69) is 46.0 Å². The van der Waals surface area contributed by atoms with Crippen molar-refractivity contribution in [1.29, 1.82) is 0 Å². The van der Waals surface area contributed by atoms with Crippen molar-refractivity contribution < 1.29 is 0 Å². The minimum atomic E-state index is 0.500. The minimum Gasteiger partial charge on any atom is -0.383 e. The van der Waals surface area contributed by atoms with Crippen LogP contribution in [-0.4, -0.2) is 63.8 Å². The molecule has 7 heteroatoms. The van der Waals surface area contributed by atoms with Gasteiger partial charge in [-0.2, -0.15) is 5.10 Å². The molecule has 0 saturated carbocycles. The standard InChI is InChI=1S/C13H23N7/c1-18(2)6-5-7-19(3)9-11-16-12(14)10-8-15-20(4)13(10)17-11/h8H,5-7,9H2,1-4H3,(H2,14,16,17). The fourth-order valence-electron chi connectivity index (χ4n) is 2.14. The Balaban J connectivity index is 2.04. The first-order valence-corrected chi connectivity index (χ1v) is 6.74. The Bertz CT molecular complexity index is 575. The van der Waals surface area contributed by atoms with Crippen LogP contribution in [0.3, 0.4) is 0 Å². The van der Waals surface area contributed by atoms with Crippen molar-refractivity contribution in [2.24, 2.45) is 7.05 Å². The van der Waals surface area contributed by atoms with Crippen molar-refractivity contribution in [3.63, 3.8) is 0 Å². The van der Waals surface area contributed by atoms with E-state index in [0.29, 0.717) is 12.4 Å². The number of nitrogens with zero attached hydrogens (tertiary/aromatic N) is 6. The van der Waals surface area contributed by atoms with Crippen LogP contribution in [0, 0.1) is 0 Å². The zero-order chi connectivity index (χ0) is 14.7. The number of aryl methyl sites for hydroxylation is 1. The summed E-state index contributed by atoms with van der Waals surface area (Å²) < 4.78 is 1.73. The second kappa shape index (κ2) is 6.15. The summed E-state index contributed by atoms with van der Waals surface area (Å²) in [6, 6.07) is 0. The van der Waals surface area contributed by atoms with Crippen LogP contribution < -0.4 is 5.73 Å². The van der Waals surface area contributed by atoms with Crippen molar-refractivity contribution in [2.75, 3.05) is 40.0 Å². The van der Waals surface area contributed by atoms with Crippen LogP contribution in [0.15, 0.2) is 6.20 Å². The normalized spacial score (nSPS) is 11.9. The zero-order valence-corrected chi connectivity index (χ0v) is 12.7. The number of rotatable bonds is 6. The Morgan fingerprint density at radius 3 is 2.65 bits per heavy atom. The minimum absolute atomic E-state index is 0.500. The van der Waals surface area contributed by atoms with Crippen LogP contribution in [0.5, 0.6) is 0 Å². The molecule has 0 atom stereocenters. The van der Waals surface area contributed by atoms with Crippen molar-refractivity contribution in [2.45, 2.75) is 13.0 Å². The maximum atomic E-state index is 5.96. The van der Waals surface area contributed by atoms with Crippen molar-refractivity contribution in [3.8, 4) is 0 Å². The molecule has 2 N–H and O–H groups in total. The Morgan fingerprint density at radius 2 is 1.95 bits per heavy atom. The molecule has 0 saturated heterocycles. The topological polar surface area (TPSA) is 76.1 Å². The van der Waals surface area contributed by atoms with E-state index < -0.39 is 0 Å². The van der Waals surface area contributed by atoms with Gasteiger partial charge in [-0.15, -0.1) is 0 Å². The largest absolute Gasteiger partial charge is 0.383 e. The summed E-state index contributed by atoms with van der Waals surface area (Å²) >= 11 is 0. The van der Waals surface area contributed by atoms with E-state index in [4.69, 9.17) is 5.73 Å². The third-order valence-corrected chi connectivity index (χ3v) is 3.22. The van der Waals surface area contributed by atoms with E-state index in [1.165, 1.54) is 0 Å². The summed E-state index contributed by atoms with van der Waals surface area (Å²) in [5.74, 6) is 1.24. The summed E-state index contributed by atoms with van der Waals surface area (Å²) in [6.45, 7) is 2.78. The van der Waals surface area contributed by atoms with Crippen LogP contribution in [0.4, 0.5) is 5.82 Å². The highest BCUT2D eigenvalue weighted by atomic mass is 15.3. The number of nitrogen functional groups attached to an aromatic ring is 1. The number of hydrogen-bond donors (Lipinski definition) is 1. The van der Waals surface area contributed by atoms with E-state index in [-0.39, 0.29) is 0 Å². The lowest BCUT2D eigenvalue weighted by Gasteiger charge is -2.17. The second-order valence-corrected chi connectivity index (χ2v) is 5.43. The maximum absolute atomic E-state index is 5.96. The lowest BCUT2D eigenvalue weighted by molar-refractivity contribution is 0.289. The number of nitrogens with two attached hydrogens (primary N) is 1. The molecular weight excluding hydrogens is 254 g/mol. The van der Waals surface area contributed by atoms with Gasteiger partial charge in [-0.1, -0.05) is 0 Å². The third kappa shape index (κ3) is 3.43. The molecule has 0 aliphatic carbocycles. The number of fused-ring (bicyclic) bond motifs is 1. The van der Waals surface area contributed by atoms with Crippen molar-refractivity contribution >= 4 is 16.9 Å². The molecule has 0 unspecified atom stereocenters. The summed E-state index contributed by atoms with van der Waals surface area (Å²) in [7, 11) is 8.10. The molecule has 0 aliphatic heterocycles. The number of hydrogen-bond acceptors (Lipinski definition) is 6. The van der Waals surface area contributed by atoms with E-state index >= 15 is 0 Å². The van der Waals surface area contributed by atoms with E-state index in [1.54, 1.807) is 10.9 Å². The average molecular weight is 277 g/mol. The summed E-state index contributed by atoms with van der Waals surface area (Å²) in [5.41, 5.74) is 6.74. The van der Waals surface area contributed by atoms with Gasteiger partial charge in [0.05, 0.1) is 18.1 Å². The lowest BCUT2D eigenvalue weighted by Crippen LogP contribution is -2.24. The van der Waals surface area contributed by atoms with E-state index in [1.807, 2.05) is 7.05 Å². The van der Waals surface area contributed by atoms with Crippen LogP contribution in [0.1, 0.15) is 12.2 Å². The number of anilines is 1. The molecular formula is C13H23N7. The average Bonchev–Trinajstić information content (AvgIpc) is 2.71. The fourth-order valence-corrected chi connectivity index (χ4v) is 2.14. The predicted molar refractivity (Wildman–Crippen MR) is 80.2 cm³/mol. The molecule has 110 valence electrons. The van der Waals surface area contributed by atoms with Gasteiger partial charge in [-0.05, 0) is 40.7 Å². The molecule has 0 bridgehead atoms. The van der Waals surface area contributed by atoms with Crippen molar-refractivity contribution in [3.05, 3.63) is 12.0 Å². The van der Waals surface area contributed by atoms with Crippen LogP contribution in [0.2, 0.25) is 0 Å². The Hall–Kier alpha value is -1.73. The molecule has 0 amide bonds. The van der Waals surface area contributed by atoms with Crippen molar-refractivity contribution in [1.82, 2.24) is 29.5 Å². The SMILES string of the molecule is CN(C)CCCN(C)Cc1nc(N)c2cnn(C)c2n1. The zero-order valence-electron chi connectivity index (χ0n) is 12.7. The molecule has 2 aromatic rings. The third-order valence-electron chi connectivity index (χ3n) is 3.22. The first-order valence-electron chi connectivity index (χ1n) is 6.74. The molecule has 2 aromatic heterocycles. The molecule has 0 aromatic carbocycles. The fraction of sp³-hybridized carbons (Fsp3) is 0.615. The smallest absolute Gasteiger partial charge is 0.163 e. The van der Waals surface area contributed by atoms with E-state index in [0.717, 1.165) is 36.4 Å². The predicted octanol–water partition coefficient (Wildman–Crippen LogP) is 0.329. The molecule has 0 radical (unpaired) electrons. The second-order valence-electron chi connectivity index (χ2n) is 5.43. The number of aromatic nitrogens is 4. The van der Waals surface area contributed by atoms with Crippen LogP contribution in [-0.2, 0) is 13.6 Å². The van der Waals surface area contributed by atoms with Gasteiger partial charge < -0.3 is 10.6 Å². The highest BCUT2D eigenvalue weighted by Gasteiger charge is 2.10. The Kier molecular flexibility index (Phi) is 4.51. The van der Waals surface area contributed by atoms with Gasteiger partial charge >= 0.3 is 0 Å². The summed E-state index contributed by atoms with van der Waals surface area (Å²) in [6.07, 6.45) is 2.82. The van der Waals surface area contributed by atoms with E-state index in [9.17, 15) is 0 Å². The quantitative estimate of drug-likeness (QED) is 0.820. The van der Waals surface area contributed by atoms with Gasteiger partial charge in [-0.25, -0.2) is 9.97 Å². The first kappa shape index (κ1) is 14.7. The molecule has 0 fully saturated rings. The van der Waals surface area contributed by atoms with Gasteiger partial charge in [0.2, 0.25) is 0 Å². The summed E-state index contributed by atoms with van der Waals surface area (Å²) in [4.78, 5) is 13.3. The molecule has 7 nitrogen and oxygen atoms in total.